The molecule has 1 aromatic rings. The normalized spacial score (nSPS) is 13.1. The van der Waals surface area contributed by atoms with Gasteiger partial charge in [0.15, 0.2) is 0 Å². The van der Waals surface area contributed by atoms with Crippen molar-refractivity contribution in [3.05, 3.63) is 28.3 Å². The fraction of sp³-hybridized carbons (Fsp3) is 0.417. The van der Waals surface area contributed by atoms with E-state index < -0.39 is 21.1 Å². The number of benzene rings is 1. The summed E-state index contributed by atoms with van der Waals surface area (Å²) in [5.41, 5.74) is 0.249. The number of carbonyl (C=O) groups excluding carboxylic acids is 1. The lowest BCUT2D eigenvalue weighted by Crippen LogP contribution is -2.20. The molecule has 0 saturated heterocycles. The minimum Gasteiger partial charge on any atom is -0.457 e. The number of carbonyl (C=O) groups is 1. The average Bonchev–Trinajstić information content (AvgIpc) is 2.30. The largest absolute Gasteiger partial charge is 0.457 e. The number of halogens is 2. The summed E-state index contributed by atoms with van der Waals surface area (Å²) in [6.07, 6.45) is -0.470. The van der Waals surface area contributed by atoms with Gasteiger partial charge in [0.1, 0.15) is 6.10 Å². The predicted molar refractivity (Wildman–Crippen MR) is 76.0 cm³/mol. The molecule has 112 valence electrons. The summed E-state index contributed by atoms with van der Waals surface area (Å²) in [6.45, 7) is 3.34. The second-order valence-electron chi connectivity index (χ2n) is 4.19. The molecule has 0 aliphatic carbocycles. The van der Waals surface area contributed by atoms with Crippen molar-refractivity contribution in [2.75, 3.05) is 13.7 Å². The molecule has 0 spiro atoms. The molecule has 0 aliphatic rings. The van der Waals surface area contributed by atoms with Crippen LogP contribution in [0.4, 0.5) is 0 Å². The second kappa shape index (κ2) is 6.76. The monoisotopic (exact) mass is 340 g/mol. The van der Waals surface area contributed by atoms with E-state index in [1.807, 2.05) is 0 Å². The Balaban J connectivity index is 3.19. The SMILES string of the molecule is COCC(C)OC(=O)c1cc(Cl)cc(S(=O)(=O)Cl)c1C. The summed E-state index contributed by atoms with van der Waals surface area (Å²) in [4.78, 5) is 11.8. The van der Waals surface area contributed by atoms with Gasteiger partial charge in [-0.2, -0.15) is 0 Å². The van der Waals surface area contributed by atoms with Gasteiger partial charge in [0.2, 0.25) is 0 Å². The fourth-order valence-corrected chi connectivity index (χ4v) is 3.14. The predicted octanol–water partition coefficient (Wildman–Crippen LogP) is 2.77. The number of hydrogen-bond donors (Lipinski definition) is 0. The van der Waals surface area contributed by atoms with E-state index in [0.29, 0.717) is 0 Å². The summed E-state index contributed by atoms with van der Waals surface area (Å²) in [7, 11) is 2.79. The number of methoxy groups -OCH3 is 1. The van der Waals surface area contributed by atoms with Crippen molar-refractivity contribution in [3.63, 3.8) is 0 Å². The van der Waals surface area contributed by atoms with Crippen LogP contribution in [-0.2, 0) is 18.5 Å². The minimum atomic E-state index is -4.00. The molecule has 0 bridgehead atoms. The minimum absolute atomic E-state index is 0.0553. The lowest BCUT2D eigenvalue weighted by atomic mass is 10.1. The van der Waals surface area contributed by atoms with E-state index >= 15 is 0 Å². The highest BCUT2D eigenvalue weighted by atomic mass is 35.7. The van der Waals surface area contributed by atoms with E-state index in [-0.39, 0.29) is 27.7 Å². The Morgan fingerprint density at radius 2 is 2.00 bits per heavy atom. The zero-order chi connectivity index (χ0) is 15.5. The van der Waals surface area contributed by atoms with Crippen LogP contribution in [0.1, 0.15) is 22.8 Å². The zero-order valence-corrected chi connectivity index (χ0v) is 13.5. The molecule has 0 fully saturated rings. The van der Waals surface area contributed by atoms with Crippen molar-refractivity contribution >= 4 is 37.3 Å². The molecule has 0 aromatic heterocycles. The maximum Gasteiger partial charge on any atom is 0.338 e. The van der Waals surface area contributed by atoms with E-state index in [4.69, 9.17) is 31.8 Å². The maximum absolute atomic E-state index is 12.0. The molecule has 0 N–H and O–H groups in total. The first-order valence-corrected chi connectivity index (χ1v) is 8.30. The molecule has 8 heteroatoms. The van der Waals surface area contributed by atoms with Crippen LogP contribution in [0.15, 0.2) is 17.0 Å². The quantitative estimate of drug-likeness (QED) is 0.608. The number of ether oxygens (including phenoxy) is 2. The summed E-state index contributed by atoms with van der Waals surface area (Å²) in [6, 6.07) is 2.53. The molecule has 20 heavy (non-hydrogen) atoms. The van der Waals surface area contributed by atoms with Crippen LogP contribution < -0.4 is 0 Å². The van der Waals surface area contributed by atoms with Crippen LogP contribution in [0.3, 0.4) is 0 Å². The molecule has 1 rings (SSSR count). The molecule has 0 amide bonds. The van der Waals surface area contributed by atoms with E-state index in [2.05, 4.69) is 0 Å². The van der Waals surface area contributed by atoms with Gasteiger partial charge in [-0.05, 0) is 31.5 Å². The van der Waals surface area contributed by atoms with Crippen molar-refractivity contribution in [1.29, 1.82) is 0 Å². The van der Waals surface area contributed by atoms with Gasteiger partial charge in [-0.1, -0.05) is 11.6 Å². The Morgan fingerprint density at radius 3 is 2.50 bits per heavy atom. The summed E-state index contributed by atoms with van der Waals surface area (Å²) >= 11 is 5.81. The maximum atomic E-state index is 12.0. The first kappa shape index (κ1) is 17.2. The standard InChI is InChI=1S/C12H14Cl2O5S/c1-7(6-18-3)19-12(15)10-4-9(13)5-11(8(10)2)20(14,16)17/h4-5,7H,6H2,1-3H3. The molecule has 1 atom stereocenters. The molecule has 5 nitrogen and oxygen atoms in total. The Kier molecular flexibility index (Phi) is 5.82. The number of esters is 1. The van der Waals surface area contributed by atoms with Crippen LogP contribution in [0.5, 0.6) is 0 Å². The molecular formula is C12H14Cl2O5S. The second-order valence-corrected chi connectivity index (χ2v) is 7.16. The van der Waals surface area contributed by atoms with E-state index in [1.54, 1.807) is 6.92 Å². The van der Waals surface area contributed by atoms with Gasteiger partial charge in [0, 0.05) is 22.8 Å². The van der Waals surface area contributed by atoms with Crippen molar-refractivity contribution < 1.29 is 22.7 Å². The summed E-state index contributed by atoms with van der Waals surface area (Å²) in [5, 5.41) is 0.0844. The van der Waals surface area contributed by atoms with Gasteiger partial charge in [-0.25, -0.2) is 13.2 Å². The van der Waals surface area contributed by atoms with Gasteiger partial charge >= 0.3 is 5.97 Å². The highest BCUT2D eigenvalue weighted by molar-refractivity contribution is 8.13. The number of hydrogen-bond acceptors (Lipinski definition) is 5. The van der Waals surface area contributed by atoms with Gasteiger partial charge < -0.3 is 9.47 Å². The molecule has 0 heterocycles. The van der Waals surface area contributed by atoms with Crippen molar-refractivity contribution in [1.82, 2.24) is 0 Å². The smallest absolute Gasteiger partial charge is 0.338 e. The van der Waals surface area contributed by atoms with Crippen LogP contribution in [-0.4, -0.2) is 34.2 Å². The van der Waals surface area contributed by atoms with Crippen LogP contribution in [0.2, 0.25) is 5.02 Å². The molecule has 0 radical (unpaired) electrons. The van der Waals surface area contributed by atoms with E-state index in [0.717, 1.165) is 0 Å². The Morgan fingerprint density at radius 1 is 1.40 bits per heavy atom. The van der Waals surface area contributed by atoms with Crippen LogP contribution in [0.25, 0.3) is 0 Å². The third kappa shape index (κ3) is 4.34. The highest BCUT2D eigenvalue weighted by Crippen LogP contribution is 2.27. The van der Waals surface area contributed by atoms with Crippen LogP contribution in [0, 0.1) is 6.92 Å². The molecule has 1 aromatic carbocycles. The first-order valence-electron chi connectivity index (χ1n) is 5.61. The molecular weight excluding hydrogens is 327 g/mol. The fourth-order valence-electron chi connectivity index (χ4n) is 1.63. The van der Waals surface area contributed by atoms with E-state index in [1.165, 1.54) is 26.2 Å². The lowest BCUT2D eigenvalue weighted by molar-refractivity contribution is 0.0119. The Labute approximate surface area is 127 Å². The van der Waals surface area contributed by atoms with Gasteiger partial charge in [-0.15, -0.1) is 0 Å². The Hall–Kier alpha value is -0.820. The zero-order valence-electron chi connectivity index (χ0n) is 11.1. The van der Waals surface area contributed by atoms with Crippen molar-refractivity contribution in [2.45, 2.75) is 24.8 Å². The Bertz CT molecular complexity index is 613. The topological polar surface area (TPSA) is 69.7 Å². The highest BCUT2D eigenvalue weighted by Gasteiger charge is 2.22. The molecule has 0 saturated carbocycles. The van der Waals surface area contributed by atoms with Crippen molar-refractivity contribution in [2.24, 2.45) is 0 Å². The molecule has 0 aliphatic heterocycles. The summed E-state index contributed by atoms with van der Waals surface area (Å²) < 4.78 is 32.9. The lowest BCUT2D eigenvalue weighted by Gasteiger charge is -2.14. The summed E-state index contributed by atoms with van der Waals surface area (Å²) in [5.74, 6) is -0.684. The van der Waals surface area contributed by atoms with Gasteiger partial charge in [-0.3, -0.25) is 0 Å². The molecule has 1 unspecified atom stereocenters. The van der Waals surface area contributed by atoms with Crippen molar-refractivity contribution in [3.8, 4) is 0 Å². The van der Waals surface area contributed by atoms with Gasteiger partial charge in [0.25, 0.3) is 9.05 Å². The first-order chi connectivity index (χ1) is 9.16. The third-order valence-electron chi connectivity index (χ3n) is 2.52. The van der Waals surface area contributed by atoms with Crippen LogP contribution >= 0.6 is 22.3 Å². The van der Waals surface area contributed by atoms with E-state index in [9.17, 15) is 13.2 Å². The van der Waals surface area contributed by atoms with Gasteiger partial charge in [0.05, 0.1) is 17.1 Å². The average molecular weight is 341 g/mol. The third-order valence-corrected chi connectivity index (χ3v) is 4.18. The number of rotatable bonds is 5.